The van der Waals surface area contributed by atoms with Crippen molar-refractivity contribution >= 4 is 11.6 Å². The minimum atomic E-state index is 0.0236. The third kappa shape index (κ3) is 4.79. The van der Waals surface area contributed by atoms with Crippen molar-refractivity contribution in [3.05, 3.63) is 59.9 Å². The summed E-state index contributed by atoms with van der Waals surface area (Å²) >= 11 is 0. The fraction of sp³-hybridized carbons (Fsp3) is 0.400. The van der Waals surface area contributed by atoms with Crippen LogP contribution in [0.5, 0.6) is 0 Å². The summed E-state index contributed by atoms with van der Waals surface area (Å²) in [5.41, 5.74) is 2.78. The summed E-state index contributed by atoms with van der Waals surface area (Å²) in [7, 11) is 0. The lowest BCUT2D eigenvalue weighted by atomic mass is 10.2. The fourth-order valence-corrected chi connectivity index (χ4v) is 3.05. The van der Waals surface area contributed by atoms with Gasteiger partial charge in [-0.05, 0) is 31.5 Å². The Balaban J connectivity index is 1.52. The van der Waals surface area contributed by atoms with Crippen LogP contribution in [0.3, 0.4) is 0 Å². The predicted molar refractivity (Wildman–Crippen MR) is 101 cm³/mol. The molecular weight excluding hydrogens is 312 g/mol. The molecule has 1 aliphatic rings. The molecule has 0 bridgehead atoms. The van der Waals surface area contributed by atoms with Gasteiger partial charge in [-0.3, -0.25) is 9.69 Å². The first-order valence-electron chi connectivity index (χ1n) is 8.90. The number of piperazine rings is 1. The van der Waals surface area contributed by atoms with Gasteiger partial charge in [0, 0.05) is 38.8 Å². The number of hydrogen-bond acceptors (Lipinski definition) is 4. The maximum absolute atomic E-state index is 12.6. The predicted octanol–water partition coefficient (Wildman–Crippen LogP) is 2.86. The maximum atomic E-state index is 12.6. The maximum Gasteiger partial charge on any atom is 0.272 e. The fourth-order valence-electron chi connectivity index (χ4n) is 3.05. The number of rotatable bonds is 5. The Morgan fingerprint density at radius 1 is 1.08 bits per heavy atom. The molecule has 25 heavy (non-hydrogen) atoms. The van der Waals surface area contributed by atoms with E-state index in [1.165, 1.54) is 5.56 Å². The van der Waals surface area contributed by atoms with Gasteiger partial charge in [0.15, 0.2) is 0 Å². The van der Waals surface area contributed by atoms with Gasteiger partial charge in [0.1, 0.15) is 5.69 Å². The smallest absolute Gasteiger partial charge is 0.272 e. The third-order valence-corrected chi connectivity index (χ3v) is 4.35. The zero-order valence-electron chi connectivity index (χ0n) is 15.0. The van der Waals surface area contributed by atoms with Gasteiger partial charge in [0.2, 0.25) is 0 Å². The van der Waals surface area contributed by atoms with Crippen LogP contribution in [0.25, 0.3) is 0 Å². The highest BCUT2D eigenvalue weighted by molar-refractivity contribution is 5.92. The van der Waals surface area contributed by atoms with Gasteiger partial charge >= 0.3 is 0 Å². The van der Waals surface area contributed by atoms with Crippen molar-refractivity contribution < 1.29 is 4.79 Å². The quantitative estimate of drug-likeness (QED) is 0.911. The molecule has 0 atom stereocenters. The number of carbonyl (C=O) groups excluding carboxylic acids is 1. The number of nitrogens with zero attached hydrogens (tertiary/aromatic N) is 3. The van der Waals surface area contributed by atoms with Crippen LogP contribution in [0.4, 0.5) is 5.69 Å². The van der Waals surface area contributed by atoms with Gasteiger partial charge in [-0.15, -0.1) is 0 Å². The van der Waals surface area contributed by atoms with Crippen molar-refractivity contribution in [1.29, 1.82) is 0 Å². The minimum absolute atomic E-state index is 0.0236. The summed E-state index contributed by atoms with van der Waals surface area (Å²) in [4.78, 5) is 21.2. The first-order chi connectivity index (χ1) is 12.1. The lowest BCUT2D eigenvalue weighted by Crippen LogP contribution is -2.48. The average Bonchev–Trinajstić information content (AvgIpc) is 2.63. The van der Waals surface area contributed by atoms with Crippen LogP contribution in [-0.4, -0.2) is 52.9 Å². The second-order valence-electron chi connectivity index (χ2n) is 6.79. The molecule has 2 heterocycles. The number of carbonyl (C=O) groups is 1. The molecule has 1 N–H and O–H groups in total. The molecule has 1 amide bonds. The Morgan fingerprint density at radius 3 is 2.40 bits per heavy atom. The molecule has 0 spiro atoms. The summed E-state index contributed by atoms with van der Waals surface area (Å²) in [5, 5.41) is 3.29. The molecule has 5 heteroatoms. The van der Waals surface area contributed by atoms with Crippen molar-refractivity contribution in [2.24, 2.45) is 0 Å². The third-order valence-electron chi connectivity index (χ3n) is 4.35. The Kier molecular flexibility index (Phi) is 5.66. The van der Waals surface area contributed by atoms with Gasteiger partial charge in [-0.1, -0.05) is 30.3 Å². The van der Waals surface area contributed by atoms with E-state index in [9.17, 15) is 4.79 Å². The second-order valence-corrected chi connectivity index (χ2v) is 6.79. The summed E-state index contributed by atoms with van der Waals surface area (Å²) in [6.07, 6.45) is 1.74. The van der Waals surface area contributed by atoms with Gasteiger partial charge in [0.05, 0.1) is 11.9 Å². The molecule has 1 aromatic carbocycles. The molecule has 1 aromatic heterocycles. The summed E-state index contributed by atoms with van der Waals surface area (Å²) in [6.45, 7) is 8.39. The topological polar surface area (TPSA) is 48.5 Å². The number of nitrogens with one attached hydrogen (secondary N) is 1. The number of amides is 1. The molecule has 1 fully saturated rings. The van der Waals surface area contributed by atoms with Crippen molar-refractivity contribution in [3.8, 4) is 0 Å². The molecule has 0 aliphatic carbocycles. The van der Waals surface area contributed by atoms with Crippen molar-refractivity contribution in [1.82, 2.24) is 14.8 Å². The lowest BCUT2D eigenvalue weighted by molar-refractivity contribution is 0.0623. The molecule has 132 valence electrons. The van der Waals surface area contributed by atoms with Crippen LogP contribution in [0.2, 0.25) is 0 Å². The van der Waals surface area contributed by atoms with Gasteiger partial charge < -0.3 is 10.2 Å². The molecule has 2 aromatic rings. The lowest BCUT2D eigenvalue weighted by Gasteiger charge is -2.34. The summed E-state index contributed by atoms with van der Waals surface area (Å²) in [6, 6.07) is 14.5. The van der Waals surface area contributed by atoms with E-state index in [1.54, 1.807) is 6.20 Å². The van der Waals surface area contributed by atoms with E-state index in [0.717, 1.165) is 38.4 Å². The first-order valence-corrected chi connectivity index (χ1v) is 8.90. The van der Waals surface area contributed by atoms with Gasteiger partial charge in [0.25, 0.3) is 5.91 Å². The normalized spacial score (nSPS) is 15.4. The largest absolute Gasteiger partial charge is 0.382 e. The molecule has 0 radical (unpaired) electrons. The van der Waals surface area contributed by atoms with Crippen molar-refractivity contribution in [2.45, 2.75) is 26.4 Å². The zero-order valence-corrected chi connectivity index (χ0v) is 15.0. The standard InChI is InChI=1S/C20H26N4O/c1-16(2)22-18-8-9-19(21-14-18)20(25)24-12-10-23(11-13-24)15-17-6-4-3-5-7-17/h3-9,14,16,22H,10-13,15H2,1-2H3. The zero-order chi connectivity index (χ0) is 17.6. The van der Waals surface area contributed by atoms with E-state index >= 15 is 0 Å². The molecular formula is C20H26N4O. The molecule has 1 saturated heterocycles. The van der Waals surface area contributed by atoms with Crippen molar-refractivity contribution in [2.75, 3.05) is 31.5 Å². The summed E-state index contributed by atoms with van der Waals surface area (Å²) in [5.74, 6) is 0.0236. The van der Waals surface area contributed by atoms with E-state index in [1.807, 2.05) is 23.1 Å². The van der Waals surface area contributed by atoms with Crippen molar-refractivity contribution in [3.63, 3.8) is 0 Å². The minimum Gasteiger partial charge on any atom is -0.382 e. The Bertz CT molecular complexity index is 677. The molecule has 1 aliphatic heterocycles. The van der Waals surface area contributed by atoms with E-state index in [-0.39, 0.29) is 5.91 Å². The second kappa shape index (κ2) is 8.12. The number of pyridine rings is 1. The number of anilines is 1. The Morgan fingerprint density at radius 2 is 1.80 bits per heavy atom. The number of hydrogen-bond donors (Lipinski definition) is 1. The van der Waals surface area contributed by atoms with Crippen LogP contribution in [0.15, 0.2) is 48.7 Å². The van der Waals surface area contributed by atoms with Crippen LogP contribution < -0.4 is 5.32 Å². The average molecular weight is 338 g/mol. The van der Waals surface area contributed by atoms with Gasteiger partial charge in [-0.2, -0.15) is 0 Å². The SMILES string of the molecule is CC(C)Nc1ccc(C(=O)N2CCN(Cc3ccccc3)CC2)nc1. The molecule has 0 unspecified atom stereocenters. The van der Waals surface area contributed by atoms with Gasteiger partial charge in [-0.25, -0.2) is 4.98 Å². The Hall–Kier alpha value is -2.40. The number of benzene rings is 1. The highest BCUT2D eigenvalue weighted by Gasteiger charge is 2.22. The highest BCUT2D eigenvalue weighted by Crippen LogP contribution is 2.13. The molecule has 3 rings (SSSR count). The summed E-state index contributed by atoms with van der Waals surface area (Å²) < 4.78 is 0. The monoisotopic (exact) mass is 338 g/mol. The van der Waals surface area contributed by atoms with E-state index in [2.05, 4.69) is 53.3 Å². The van der Waals surface area contributed by atoms with Crippen LogP contribution in [0, 0.1) is 0 Å². The molecule has 0 saturated carbocycles. The van der Waals surface area contributed by atoms with E-state index in [4.69, 9.17) is 0 Å². The highest BCUT2D eigenvalue weighted by atomic mass is 16.2. The van der Waals surface area contributed by atoms with Crippen LogP contribution >= 0.6 is 0 Å². The van der Waals surface area contributed by atoms with Crippen LogP contribution in [-0.2, 0) is 6.54 Å². The van der Waals surface area contributed by atoms with E-state index in [0.29, 0.717) is 11.7 Å². The van der Waals surface area contributed by atoms with Crippen LogP contribution in [0.1, 0.15) is 29.9 Å². The number of aromatic nitrogens is 1. The first kappa shape index (κ1) is 17.4. The van der Waals surface area contributed by atoms with E-state index < -0.39 is 0 Å². The molecule has 5 nitrogen and oxygen atoms in total. The Labute approximate surface area is 149 Å².